The van der Waals surface area contributed by atoms with Gasteiger partial charge in [-0.3, -0.25) is 0 Å². The fraction of sp³-hybridized carbons (Fsp3) is 0.231. The van der Waals surface area contributed by atoms with Gasteiger partial charge in [0.05, 0.1) is 0 Å². The number of hydrogen-bond donors (Lipinski definition) is 0. The molecule has 0 N–H and O–H groups in total. The molecule has 76 valence electrons. The average Bonchev–Trinajstić information content (AvgIpc) is 2.23. The molecule has 2 aromatic rings. The fourth-order valence-corrected chi connectivity index (χ4v) is 1.37. The van der Waals surface area contributed by atoms with Crippen LogP contribution in [0.5, 0.6) is 0 Å². The van der Waals surface area contributed by atoms with Gasteiger partial charge in [-0.05, 0) is 26.3 Å². The average molecular weight is 198 g/mol. The Balaban J connectivity index is 2.45. The SMILES string of the molecule is Cc1ccc(-c2ncc(C)c(C)n2)cc1. The first-order valence-corrected chi connectivity index (χ1v) is 5.04. The maximum atomic E-state index is 4.46. The Morgan fingerprint density at radius 3 is 2.20 bits per heavy atom. The minimum absolute atomic E-state index is 0.804. The zero-order valence-corrected chi connectivity index (χ0v) is 9.28. The molecule has 0 amide bonds. The Hall–Kier alpha value is -1.70. The summed E-state index contributed by atoms with van der Waals surface area (Å²) in [4.78, 5) is 8.79. The van der Waals surface area contributed by atoms with E-state index in [9.17, 15) is 0 Å². The Kier molecular flexibility index (Phi) is 2.50. The smallest absolute Gasteiger partial charge is 0.159 e. The van der Waals surface area contributed by atoms with Crippen molar-refractivity contribution in [2.24, 2.45) is 0 Å². The summed E-state index contributed by atoms with van der Waals surface area (Å²) in [5.74, 6) is 0.804. The molecular weight excluding hydrogens is 184 g/mol. The molecule has 2 rings (SSSR count). The van der Waals surface area contributed by atoms with Gasteiger partial charge < -0.3 is 0 Å². The second-order valence-corrected chi connectivity index (χ2v) is 3.83. The van der Waals surface area contributed by atoms with E-state index < -0.39 is 0 Å². The van der Waals surface area contributed by atoms with Crippen molar-refractivity contribution in [1.29, 1.82) is 0 Å². The summed E-state index contributed by atoms with van der Waals surface area (Å²) in [6.07, 6.45) is 1.87. The largest absolute Gasteiger partial charge is 0.236 e. The van der Waals surface area contributed by atoms with Crippen LogP contribution in [0.4, 0.5) is 0 Å². The van der Waals surface area contributed by atoms with Crippen LogP contribution in [0.25, 0.3) is 11.4 Å². The summed E-state index contributed by atoms with van der Waals surface area (Å²) in [6.45, 7) is 6.11. The Morgan fingerprint density at radius 1 is 0.933 bits per heavy atom. The van der Waals surface area contributed by atoms with Gasteiger partial charge in [-0.15, -0.1) is 0 Å². The number of aryl methyl sites for hydroxylation is 3. The molecule has 0 aliphatic heterocycles. The number of benzene rings is 1. The van der Waals surface area contributed by atoms with Crippen LogP contribution in [-0.4, -0.2) is 9.97 Å². The van der Waals surface area contributed by atoms with Gasteiger partial charge in [-0.2, -0.15) is 0 Å². The van der Waals surface area contributed by atoms with Gasteiger partial charge in [0.25, 0.3) is 0 Å². The normalized spacial score (nSPS) is 10.3. The van der Waals surface area contributed by atoms with Gasteiger partial charge in [0.2, 0.25) is 0 Å². The van der Waals surface area contributed by atoms with E-state index in [-0.39, 0.29) is 0 Å². The summed E-state index contributed by atoms with van der Waals surface area (Å²) < 4.78 is 0. The fourth-order valence-electron chi connectivity index (χ4n) is 1.37. The van der Waals surface area contributed by atoms with Crippen LogP contribution in [0.1, 0.15) is 16.8 Å². The van der Waals surface area contributed by atoms with Gasteiger partial charge in [-0.25, -0.2) is 9.97 Å². The first kappa shape index (κ1) is 9.84. The minimum Gasteiger partial charge on any atom is -0.236 e. The van der Waals surface area contributed by atoms with Crippen molar-refractivity contribution in [1.82, 2.24) is 9.97 Å². The van der Waals surface area contributed by atoms with Crippen molar-refractivity contribution in [3.63, 3.8) is 0 Å². The molecule has 0 aliphatic rings. The lowest BCUT2D eigenvalue weighted by atomic mass is 10.1. The number of nitrogens with zero attached hydrogens (tertiary/aromatic N) is 2. The highest BCUT2D eigenvalue weighted by molar-refractivity contribution is 5.55. The van der Waals surface area contributed by atoms with Crippen LogP contribution in [0.2, 0.25) is 0 Å². The quantitative estimate of drug-likeness (QED) is 0.703. The van der Waals surface area contributed by atoms with E-state index in [2.05, 4.69) is 41.2 Å². The molecule has 0 fully saturated rings. The molecule has 0 saturated heterocycles. The molecule has 0 radical (unpaired) electrons. The first-order chi connectivity index (χ1) is 7.16. The molecule has 15 heavy (non-hydrogen) atoms. The van der Waals surface area contributed by atoms with Crippen LogP contribution < -0.4 is 0 Å². The molecular formula is C13H14N2. The van der Waals surface area contributed by atoms with Gasteiger partial charge in [-0.1, -0.05) is 29.8 Å². The van der Waals surface area contributed by atoms with Crippen molar-refractivity contribution >= 4 is 0 Å². The molecule has 0 aliphatic carbocycles. The van der Waals surface area contributed by atoms with Crippen LogP contribution in [0.15, 0.2) is 30.5 Å². The minimum atomic E-state index is 0.804. The van der Waals surface area contributed by atoms with Crippen molar-refractivity contribution < 1.29 is 0 Å². The number of aromatic nitrogens is 2. The van der Waals surface area contributed by atoms with E-state index in [1.54, 1.807) is 0 Å². The van der Waals surface area contributed by atoms with E-state index in [0.717, 1.165) is 22.6 Å². The third-order valence-corrected chi connectivity index (χ3v) is 2.53. The highest BCUT2D eigenvalue weighted by atomic mass is 14.9. The van der Waals surface area contributed by atoms with E-state index in [4.69, 9.17) is 0 Å². The monoisotopic (exact) mass is 198 g/mol. The summed E-state index contributed by atoms with van der Waals surface area (Å²) in [7, 11) is 0. The lowest BCUT2D eigenvalue weighted by Crippen LogP contribution is -1.94. The van der Waals surface area contributed by atoms with Crippen molar-refractivity contribution in [3.8, 4) is 11.4 Å². The van der Waals surface area contributed by atoms with Gasteiger partial charge >= 0.3 is 0 Å². The van der Waals surface area contributed by atoms with E-state index in [1.165, 1.54) is 5.56 Å². The molecule has 0 atom stereocenters. The van der Waals surface area contributed by atoms with Gasteiger partial charge in [0, 0.05) is 17.5 Å². The highest BCUT2D eigenvalue weighted by Crippen LogP contribution is 2.16. The zero-order valence-electron chi connectivity index (χ0n) is 9.28. The van der Waals surface area contributed by atoms with Crippen LogP contribution in [0.3, 0.4) is 0 Å². The van der Waals surface area contributed by atoms with Crippen LogP contribution in [-0.2, 0) is 0 Å². The molecule has 2 heteroatoms. The molecule has 0 bridgehead atoms. The topological polar surface area (TPSA) is 25.8 Å². The van der Waals surface area contributed by atoms with Crippen molar-refractivity contribution in [3.05, 3.63) is 47.3 Å². The number of hydrogen-bond acceptors (Lipinski definition) is 2. The van der Waals surface area contributed by atoms with Crippen molar-refractivity contribution in [2.45, 2.75) is 20.8 Å². The zero-order chi connectivity index (χ0) is 10.8. The maximum Gasteiger partial charge on any atom is 0.159 e. The first-order valence-electron chi connectivity index (χ1n) is 5.04. The van der Waals surface area contributed by atoms with Crippen LogP contribution >= 0.6 is 0 Å². The standard InChI is InChI=1S/C13H14N2/c1-9-4-6-12(7-5-9)13-14-8-10(2)11(3)15-13/h4-8H,1-3H3. The lowest BCUT2D eigenvalue weighted by Gasteiger charge is -2.03. The molecule has 0 saturated carbocycles. The van der Waals surface area contributed by atoms with Gasteiger partial charge in [0.1, 0.15) is 0 Å². The number of rotatable bonds is 1. The molecule has 0 spiro atoms. The Bertz CT molecular complexity index is 472. The van der Waals surface area contributed by atoms with E-state index in [1.807, 2.05) is 20.0 Å². The van der Waals surface area contributed by atoms with Gasteiger partial charge in [0.15, 0.2) is 5.82 Å². The second kappa shape index (κ2) is 3.81. The molecule has 2 nitrogen and oxygen atoms in total. The lowest BCUT2D eigenvalue weighted by molar-refractivity contribution is 1.07. The summed E-state index contributed by atoms with van der Waals surface area (Å²) in [5, 5.41) is 0. The third kappa shape index (κ3) is 2.04. The van der Waals surface area contributed by atoms with E-state index in [0.29, 0.717) is 0 Å². The molecule has 1 aromatic heterocycles. The predicted octanol–water partition coefficient (Wildman–Crippen LogP) is 3.07. The van der Waals surface area contributed by atoms with Crippen LogP contribution in [0, 0.1) is 20.8 Å². The summed E-state index contributed by atoms with van der Waals surface area (Å²) in [6, 6.07) is 8.26. The highest BCUT2D eigenvalue weighted by Gasteiger charge is 2.02. The van der Waals surface area contributed by atoms with E-state index >= 15 is 0 Å². The predicted molar refractivity (Wildman–Crippen MR) is 61.7 cm³/mol. The van der Waals surface area contributed by atoms with Crippen molar-refractivity contribution in [2.75, 3.05) is 0 Å². The Labute approximate surface area is 90.0 Å². The second-order valence-electron chi connectivity index (χ2n) is 3.83. The molecule has 0 unspecified atom stereocenters. The Morgan fingerprint density at radius 2 is 1.60 bits per heavy atom. The summed E-state index contributed by atoms with van der Waals surface area (Å²) >= 11 is 0. The summed E-state index contributed by atoms with van der Waals surface area (Å²) in [5.41, 5.74) is 4.50. The molecule has 1 aromatic carbocycles. The third-order valence-electron chi connectivity index (χ3n) is 2.53. The molecule has 1 heterocycles. The maximum absolute atomic E-state index is 4.46.